The zero-order valence-electron chi connectivity index (χ0n) is 23.3. The van der Waals surface area contributed by atoms with Crippen LogP contribution in [0.2, 0.25) is 0 Å². The molecule has 0 bridgehead atoms. The lowest BCUT2D eigenvalue weighted by atomic mass is 9.92. The summed E-state index contributed by atoms with van der Waals surface area (Å²) < 4.78 is 11.1. The second kappa shape index (κ2) is 13.1. The lowest BCUT2D eigenvalue weighted by Gasteiger charge is -2.30. The van der Waals surface area contributed by atoms with Gasteiger partial charge in [-0.25, -0.2) is 4.98 Å². The number of hydrogen-bond donors (Lipinski definition) is 2. The van der Waals surface area contributed by atoms with Crippen LogP contribution in [0.5, 0.6) is 0 Å². The number of piperidine rings is 1. The maximum absolute atomic E-state index is 13.4. The molecule has 0 aliphatic carbocycles. The normalized spacial score (nSPS) is 16.8. The van der Waals surface area contributed by atoms with E-state index in [1.54, 1.807) is 9.80 Å². The number of rotatable bonds is 8. The highest BCUT2D eigenvalue weighted by atomic mass is 16.5. The first-order chi connectivity index (χ1) is 19.9. The number of likely N-dealkylation sites (tertiary alicyclic amines) is 1. The molecule has 2 N–H and O–H groups in total. The number of nitrogens with zero attached hydrogens (tertiary/aromatic N) is 3. The summed E-state index contributed by atoms with van der Waals surface area (Å²) in [4.78, 5) is 47.0. The van der Waals surface area contributed by atoms with Crippen molar-refractivity contribution in [3.05, 3.63) is 77.2 Å². The van der Waals surface area contributed by atoms with Crippen LogP contribution < -0.4 is 5.32 Å². The summed E-state index contributed by atoms with van der Waals surface area (Å²) >= 11 is 0. The molecule has 2 saturated heterocycles. The van der Waals surface area contributed by atoms with E-state index in [1.165, 1.54) is 6.26 Å². The van der Waals surface area contributed by atoms with E-state index >= 15 is 0 Å². The Morgan fingerprint density at radius 2 is 1.76 bits per heavy atom. The molecule has 0 radical (unpaired) electrons. The van der Waals surface area contributed by atoms with E-state index in [9.17, 15) is 19.5 Å². The number of aliphatic hydroxyl groups excluding tert-OH is 1. The van der Waals surface area contributed by atoms with Crippen molar-refractivity contribution >= 4 is 17.7 Å². The molecule has 3 amide bonds. The molecule has 0 saturated carbocycles. The van der Waals surface area contributed by atoms with Gasteiger partial charge in [-0.15, -0.1) is 0 Å². The van der Waals surface area contributed by atoms with E-state index < -0.39 is 5.92 Å². The van der Waals surface area contributed by atoms with Gasteiger partial charge in [-0.3, -0.25) is 14.4 Å². The van der Waals surface area contributed by atoms with Crippen LogP contribution >= 0.6 is 0 Å². The summed E-state index contributed by atoms with van der Waals surface area (Å²) in [7, 11) is 0. The predicted molar refractivity (Wildman–Crippen MR) is 151 cm³/mol. The second-order valence-corrected chi connectivity index (χ2v) is 10.6. The predicted octanol–water partition coefficient (Wildman–Crippen LogP) is 2.76. The maximum Gasteiger partial charge on any atom is 0.275 e. The monoisotopic (exact) mass is 560 g/mol. The zero-order valence-corrected chi connectivity index (χ0v) is 23.3. The minimum absolute atomic E-state index is 0.0159. The highest BCUT2D eigenvalue weighted by Gasteiger charge is 2.28. The van der Waals surface area contributed by atoms with Gasteiger partial charge in [-0.2, -0.15) is 0 Å². The molecule has 2 aliphatic rings. The molecule has 10 heteroatoms. The molecule has 2 fully saturated rings. The van der Waals surface area contributed by atoms with Gasteiger partial charge < -0.3 is 29.4 Å². The van der Waals surface area contributed by atoms with Crippen molar-refractivity contribution in [2.75, 3.05) is 39.4 Å². The van der Waals surface area contributed by atoms with Crippen molar-refractivity contribution < 1.29 is 28.6 Å². The third-order valence-corrected chi connectivity index (χ3v) is 7.71. The molecule has 3 heterocycles. The molecule has 0 spiro atoms. The van der Waals surface area contributed by atoms with Crippen LogP contribution in [0.15, 0.2) is 59.2 Å². The smallest absolute Gasteiger partial charge is 0.275 e. The van der Waals surface area contributed by atoms with Gasteiger partial charge in [0, 0.05) is 38.3 Å². The van der Waals surface area contributed by atoms with E-state index in [-0.39, 0.29) is 48.4 Å². The number of ether oxygens (including phenoxy) is 1. The number of aliphatic hydroxyl groups is 1. The Labute approximate surface area is 239 Å². The number of aromatic nitrogens is 1. The highest BCUT2D eigenvalue weighted by molar-refractivity contribution is 5.92. The van der Waals surface area contributed by atoms with Gasteiger partial charge in [-0.1, -0.05) is 36.4 Å². The molecule has 2 aromatic carbocycles. The van der Waals surface area contributed by atoms with E-state index in [2.05, 4.69) is 10.3 Å². The molecule has 216 valence electrons. The minimum Gasteiger partial charge on any atom is -0.444 e. The lowest BCUT2D eigenvalue weighted by molar-refractivity contribution is -0.136. The molecule has 2 aliphatic heterocycles. The highest BCUT2D eigenvalue weighted by Crippen LogP contribution is 2.29. The van der Waals surface area contributed by atoms with E-state index in [4.69, 9.17) is 9.15 Å². The van der Waals surface area contributed by atoms with Gasteiger partial charge in [0.25, 0.3) is 5.91 Å². The fraction of sp³-hybridized carbons (Fsp3) is 0.419. The number of hydrogen-bond acceptors (Lipinski definition) is 7. The van der Waals surface area contributed by atoms with Gasteiger partial charge in [-0.05, 0) is 48.6 Å². The van der Waals surface area contributed by atoms with Gasteiger partial charge >= 0.3 is 0 Å². The molecule has 41 heavy (non-hydrogen) atoms. The molecular weight excluding hydrogens is 524 g/mol. The Hall–Kier alpha value is -4.02. The molecule has 10 nitrogen and oxygen atoms in total. The van der Waals surface area contributed by atoms with Crippen LogP contribution in [0, 0.1) is 0 Å². The van der Waals surface area contributed by atoms with Crippen molar-refractivity contribution in [1.82, 2.24) is 20.1 Å². The first kappa shape index (κ1) is 28.5. The summed E-state index contributed by atoms with van der Waals surface area (Å²) in [6, 6.07) is 15.1. The third kappa shape index (κ3) is 7.01. The van der Waals surface area contributed by atoms with Crippen LogP contribution in [0.3, 0.4) is 0 Å². The molecule has 1 unspecified atom stereocenters. The Morgan fingerprint density at radius 1 is 1.02 bits per heavy atom. The minimum atomic E-state index is -0.482. The Balaban J connectivity index is 1.36. The number of carbonyl (C=O) groups excluding carboxylic acids is 3. The molecular formula is C31H36N4O6. The number of carbonyl (C=O) groups is 3. The van der Waals surface area contributed by atoms with Crippen molar-refractivity contribution in [1.29, 1.82) is 0 Å². The molecule has 1 atom stereocenters. The number of amides is 3. The molecule has 3 aromatic rings. The zero-order chi connectivity index (χ0) is 28.8. The summed E-state index contributed by atoms with van der Waals surface area (Å²) in [5.41, 5.74) is 3.34. The number of nitrogens with one attached hydrogen (secondary N) is 1. The number of benzene rings is 2. The quantitative estimate of drug-likeness (QED) is 0.434. The van der Waals surface area contributed by atoms with Crippen LogP contribution in [0.1, 0.15) is 52.9 Å². The van der Waals surface area contributed by atoms with Gasteiger partial charge in [0.2, 0.25) is 17.7 Å². The average Bonchev–Trinajstić information content (AvgIpc) is 3.51. The fourth-order valence-electron chi connectivity index (χ4n) is 5.26. The first-order valence-electron chi connectivity index (χ1n) is 14.1. The van der Waals surface area contributed by atoms with Crippen LogP contribution in [0.25, 0.3) is 11.5 Å². The SMILES string of the molecule is CC(C(=O)N1CCOCC1)c1cc(-c2nc(C(=O)N3CCC(O)CC3)co2)ccc1CNC(=O)Cc1ccccc1. The number of morpholine rings is 1. The van der Waals surface area contributed by atoms with Crippen molar-refractivity contribution in [2.45, 2.75) is 44.8 Å². The Morgan fingerprint density at radius 3 is 2.49 bits per heavy atom. The summed E-state index contributed by atoms with van der Waals surface area (Å²) in [5, 5.41) is 12.7. The first-order valence-corrected chi connectivity index (χ1v) is 14.1. The average molecular weight is 561 g/mol. The standard InChI is InChI=1S/C31H36N4O6/c1-21(30(38)35-13-15-40-16-14-35)26-18-23(7-8-24(26)19-32-28(37)17-22-5-3-2-4-6-22)29-33-27(20-41-29)31(39)34-11-9-25(36)10-12-34/h2-8,18,20-21,25,36H,9-17,19H2,1H3,(H,32,37). The fourth-order valence-corrected chi connectivity index (χ4v) is 5.26. The van der Waals surface area contributed by atoms with Crippen LogP contribution in [-0.4, -0.2) is 83.1 Å². The molecule has 5 rings (SSSR count). The van der Waals surface area contributed by atoms with Crippen molar-refractivity contribution in [3.8, 4) is 11.5 Å². The third-order valence-electron chi connectivity index (χ3n) is 7.71. The maximum atomic E-state index is 13.4. The van der Waals surface area contributed by atoms with Gasteiger partial charge in [0.1, 0.15) is 6.26 Å². The van der Waals surface area contributed by atoms with Crippen LogP contribution in [-0.2, 0) is 27.3 Å². The Kier molecular flexibility index (Phi) is 9.11. The van der Waals surface area contributed by atoms with E-state index in [1.807, 2.05) is 55.5 Å². The summed E-state index contributed by atoms with van der Waals surface area (Å²) in [5.74, 6) is -0.569. The molecule has 1 aromatic heterocycles. The van der Waals surface area contributed by atoms with Gasteiger partial charge in [0.15, 0.2) is 5.69 Å². The van der Waals surface area contributed by atoms with E-state index in [0.717, 1.165) is 16.7 Å². The van der Waals surface area contributed by atoms with Gasteiger partial charge in [0.05, 0.1) is 31.7 Å². The van der Waals surface area contributed by atoms with E-state index in [0.29, 0.717) is 57.8 Å². The summed E-state index contributed by atoms with van der Waals surface area (Å²) in [6.45, 7) is 5.14. The summed E-state index contributed by atoms with van der Waals surface area (Å²) in [6.07, 6.45) is 2.31. The second-order valence-electron chi connectivity index (χ2n) is 10.6. The number of oxazole rings is 1. The Bertz CT molecular complexity index is 1360. The lowest BCUT2D eigenvalue weighted by Crippen LogP contribution is -2.42. The van der Waals surface area contributed by atoms with Crippen molar-refractivity contribution in [3.63, 3.8) is 0 Å². The topological polar surface area (TPSA) is 125 Å². The van der Waals surface area contributed by atoms with Crippen molar-refractivity contribution in [2.24, 2.45) is 0 Å². The largest absolute Gasteiger partial charge is 0.444 e. The van der Waals surface area contributed by atoms with Crippen LogP contribution in [0.4, 0.5) is 0 Å².